The van der Waals surface area contributed by atoms with Gasteiger partial charge in [0.1, 0.15) is 0 Å². The van der Waals surface area contributed by atoms with E-state index >= 15 is 0 Å². The minimum atomic E-state index is 0.254. The molecule has 0 saturated heterocycles. The first-order valence-electron chi connectivity index (χ1n) is 47.1. The zero-order chi connectivity index (χ0) is 93.5. The Morgan fingerprint density at radius 2 is 0.355 bits per heavy atom. The summed E-state index contributed by atoms with van der Waals surface area (Å²) in [4.78, 5) is 45.4. The van der Waals surface area contributed by atoms with Gasteiger partial charge in [0.2, 0.25) is 0 Å². The molecule has 0 aliphatic carbocycles. The quantitative estimate of drug-likeness (QED) is 0.0925. The van der Waals surface area contributed by atoms with Crippen LogP contribution in [0.2, 0.25) is 0 Å². The second-order valence-electron chi connectivity index (χ2n) is 34.9. The van der Waals surface area contributed by atoms with E-state index in [1.807, 2.05) is 84.9 Å². The van der Waals surface area contributed by atoms with Crippen LogP contribution in [-0.4, -0.2) is 88.4 Å². The maximum absolute atomic E-state index is 5.15. The summed E-state index contributed by atoms with van der Waals surface area (Å²) in [5, 5.41) is 15.3. The monoisotopic (exact) mass is 2000 g/mol. The smallest absolute Gasteiger partial charge is 0.0544 e. The molecule has 9 nitrogen and oxygen atoms in total. The first kappa shape index (κ1) is 85.6. The minimum absolute atomic E-state index is 0.254. The molecule has 0 spiro atoms. The largest absolute Gasteiger partial charge is 0.0617 e. The van der Waals surface area contributed by atoms with E-state index in [9.17, 15) is 0 Å². The van der Waals surface area contributed by atoms with E-state index in [0.717, 1.165) is 88.7 Å². The molecule has 0 atom stereocenters. The van der Waals surface area contributed by atoms with E-state index in [4.69, 9.17) is 44.9 Å². The Labute approximate surface area is 832 Å². The molecule has 27 aromatic rings. The van der Waals surface area contributed by atoms with Crippen LogP contribution in [0.25, 0.3) is 259 Å². The van der Waals surface area contributed by atoms with E-state index in [2.05, 4.69) is 406 Å². The maximum Gasteiger partial charge on any atom is -0.0544 e. The number of hydrogen-bond acceptors (Lipinski definition) is 9. The molecular formula is C129H81N9Se3. The molecule has 0 aliphatic heterocycles. The zero-order valence-corrected chi connectivity index (χ0v) is 81.2. The number of aromatic nitrogens is 9. The topological polar surface area (TPSA) is 116 Å². The molecule has 27 rings (SSSR count). The van der Waals surface area contributed by atoms with Crippen LogP contribution >= 0.6 is 0 Å². The summed E-state index contributed by atoms with van der Waals surface area (Å²) in [6.45, 7) is 0. The summed E-state index contributed by atoms with van der Waals surface area (Å²) >= 11 is 0.785. The molecule has 0 bridgehead atoms. The molecule has 0 fully saturated rings. The van der Waals surface area contributed by atoms with Gasteiger partial charge in [-0.15, -0.1) is 0 Å². The molecule has 660 valence electrons. The molecule has 0 radical (unpaired) electrons. The molecule has 141 heavy (non-hydrogen) atoms. The molecule has 21 aromatic carbocycles. The van der Waals surface area contributed by atoms with Crippen LogP contribution in [0.4, 0.5) is 0 Å². The van der Waals surface area contributed by atoms with Gasteiger partial charge in [-0.25, -0.2) is 0 Å². The Morgan fingerprint density at radius 1 is 0.113 bits per heavy atom. The molecular weight excluding hydrogens is 1910 g/mol. The molecule has 0 aliphatic rings. The molecule has 0 amide bonds. The normalized spacial score (nSPS) is 11.4. The van der Waals surface area contributed by atoms with E-state index in [1.165, 1.54) is 118 Å². The average molecular weight is 1990 g/mol. The van der Waals surface area contributed by atoms with Gasteiger partial charge in [-0.3, -0.25) is 0 Å². The van der Waals surface area contributed by atoms with E-state index in [1.54, 1.807) is 0 Å². The molecule has 0 N–H and O–H groups in total. The Kier molecular flexibility index (Phi) is 23.0. The first-order valence-corrected chi connectivity index (χ1v) is 52.2. The van der Waals surface area contributed by atoms with Crippen molar-refractivity contribution < 1.29 is 0 Å². The van der Waals surface area contributed by atoms with Crippen molar-refractivity contribution in [3.63, 3.8) is 0 Å². The van der Waals surface area contributed by atoms with Gasteiger partial charge in [0.15, 0.2) is 0 Å². The fraction of sp³-hybridized carbons (Fsp3) is 0. The average Bonchev–Trinajstić information content (AvgIpc) is 1.63. The first-order chi connectivity index (χ1) is 69.9. The molecule has 6 heterocycles. The fourth-order valence-corrected chi connectivity index (χ4v) is 27.1. The Bertz CT molecular complexity index is 9300. The summed E-state index contributed by atoms with van der Waals surface area (Å²) in [5.41, 5.74) is 23.2. The zero-order valence-electron chi connectivity index (χ0n) is 76.0. The number of rotatable bonds is 15. The summed E-state index contributed by atoms with van der Waals surface area (Å²) in [6.07, 6.45) is 0. The summed E-state index contributed by atoms with van der Waals surface area (Å²) in [6, 6.07) is 173. The number of benzene rings is 21. The predicted molar refractivity (Wildman–Crippen MR) is 589 cm³/mol. The number of nitrogens with zero attached hydrogens (tertiary/aromatic N) is 9. The van der Waals surface area contributed by atoms with Crippen molar-refractivity contribution >= 4 is 134 Å². The van der Waals surface area contributed by atoms with E-state index < -0.39 is 0 Å². The SMILES string of the molecule is c1ccc(-c2ccc(-c3nc(-c4ccccc4)nc(-c4ccc5c(-c6cccc7c6[se]c6ccccc67)cccc5c4)n3)cc2)cc1.c1ccc(-c2cccc(-c3nc(-c4ccccc4)nc(-c4ccc5cccc(-c6cccc7c6[se]c6ccccc67)c5c4)n3)c2)cc1.c1ccc(-c2cccc(-c3nc(-c4ccccc4)nc(-c4cccc5c(-c6cccc7c6[se]c6ccccc67)cccc45)n3)c2)cc1. The standard InChI is InChI=1S/3C43H27N3Se/c1-3-13-28(14-4-1)30-17-9-18-31(27-30)42-44-41(29-15-5-2-6-16-29)45-43(46-42)38-25-11-20-32-33(21-10-22-34(32)38)36-23-12-24-37-35-19-7-8-26-39(35)47-40(36)37;1-3-12-28(13-4-1)31-17-9-18-32(26-31)42-44-41(30-14-5-2-6-15-30)45-43(46-42)33-25-24-29-16-10-20-34(38(29)27-33)36-21-11-22-37-35-19-7-8-23-39(35)47-40(36)37;1-3-11-28(12-4-1)29-21-23-31(24-22-29)42-44-41(30-13-5-2-6-14-30)45-43(46-42)33-25-26-34-32(27-33)15-9-17-35(34)37-18-10-19-38-36-16-7-8-20-39(36)47-40(37)38/h3*1-27H. The van der Waals surface area contributed by atoms with E-state index in [-0.39, 0.29) is 43.5 Å². The third-order valence-corrected chi connectivity index (χ3v) is 33.9. The van der Waals surface area contributed by atoms with Gasteiger partial charge >= 0.3 is 671 Å². The van der Waals surface area contributed by atoms with Crippen LogP contribution in [0.5, 0.6) is 0 Å². The molecule has 0 saturated carbocycles. The van der Waals surface area contributed by atoms with Gasteiger partial charge in [0, 0.05) is 0 Å². The Balaban J connectivity index is 0.000000111. The predicted octanol–water partition coefficient (Wildman–Crippen LogP) is 32.2. The minimum Gasteiger partial charge on any atom is -0.0617 e. The van der Waals surface area contributed by atoms with Crippen molar-refractivity contribution in [1.29, 1.82) is 0 Å². The van der Waals surface area contributed by atoms with Gasteiger partial charge in [0.05, 0.1) is 0 Å². The van der Waals surface area contributed by atoms with Crippen LogP contribution in [0.15, 0.2) is 491 Å². The second kappa shape index (κ2) is 37.8. The summed E-state index contributed by atoms with van der Waals surface area (Å²) in [7, 11) is 0. The van der Waals surface area contributed by atoms with Gasteiger partial charge in [-0.1, -0.05) is 146 Å². The Hall–Kier alpha value is -17.0. The second-order valence-corrected chi connectivity index (χ2v) is 41.5. The number of hydrogen-bond donors (Lipinski definition) is 0. The molecule has 12 heteroatoms. The van der Waals surface area contributed by atoms with Crippen molar-refractivity contribution in [2.45, 2.75) is 0 Å². The third-order valence-electron chi connectivity index (χ3n) is 26.2. The van der Waals surface area contributed by atoms with Crippen molar-refractivity contribution in [2.75, 3.05) is 0 Å². The third kappa shape index (κ3) is 16.9. The number of fused-ring (bicyclic) bond motifs is 12. The van der Waals surface area contributed by atoms with Crippen molar-refractivity contribution in [1.82, 2.24) is 44.9 Å². The van der Waals surface area contributed by atoms with Crippen LogP contribution in [0.1, 0.15) is 0 Å². The van der Waals surface area contributed by atoms with Gasteiger partial charge in [-0.05, 0) is 22.3 Å². The fourth-order valence-electron chi connectivity index (χ4n) is 19.3. The summed E-state index contributed by atoms with van der Waals surface area (Å²) in [5.74, 6) is 5.92. The van der Waals surface area contributed by atoms with Crippen LogP contribution in [0.3, 0.4) is 0 Å². The van der Waals surface area contributed by atoms with Gasteiger partial charge < -0.3 is 0 Å². The van der Waals surface area contributed by atoms with Gasteiger partial charge in [-0.2, -0.15) is 0 Å². The van der Waals surface area contributed by atoms with Crippen molar-refractivity contribution in [3.05, 3.63) is 491 Å². The van der Waals surface area contributed by atoms with E-state index in [0.29, 0.717) is 52.4 Å². The van der Waals surface area contributed by atoms with Crippen LogP contribution in [-0.2, 0) is 0 Å². The summed E-state index contributed by atoms with van der Waals surface area (Å²) < 4.78 is 8.72. The van der Waals surface area contributed by atoms with Crippen LogP contribution < -0.4 is 0 Å². The van der Waals surface area contributed by atoms with Crippen LogP contribution in [0, 0.1) is 0 Å². The molecule has 0 unspecified atom stereocenters. The Morgan fingerprint density at radius 3 is 0.773 bits per heavy atom. The molecule has 6 aromatic heterocycles. The maximum atomic E-state index is 5.15. The van der Waals surface area contributed by atoms with Crippen molar-refractivity contribution in [3.8, 4) is 169 Å². The van der Waals surface area contributed by atoms with Gasteiger partial charge in [0.25, 0.3) is 0 Å². The van der Waals surface area contributed by atoms with Crippen molar-refractivity contribution in [2.24, 2.45) is 0 Å².